The lowest BCUT2D eigenvalue weighted by Gasteiger charge is -2.18. The maximum absolute atomic E-state index is 13.1. The van der Waals surface area contributed by atoms with Crippen LogP contribution in [-0.2, 0) is 19.0 Å². The molecule has 1 fully saturated rings. The minimum Gasteiger partial charge on any atom is -0.465 e. The molecule has 0 N–H and O–H groups in total. The van der Waals surface area contributed by atoms with Gasteiger partial charge in [-0.25, -0.2) is 0 Å². The van der Waals surface area contributed by atoms with Crippen LogP contribution in [0, 0.1) is 0 Å². The predicted molar refractivity (Wildman–Crippen MR) is 140 cm³/mol. The minimum atomic E-state index is -0.0554. The molecular formula is C23H20Br4O6. The lowest BCUT2D eigenvalue weighted by molar-refractivity contribution is -0.114. The highest BCUT2D eigenvalue weighted by Gasteiger charge is 2.22. The molecule has 1 aliphatic rings. The van der Waals surface area contributed by atoms with Gasteiger partial charge in [-0.2, -0.15) is 0 Å². The molecule has 6 nitrogen and oxygen atoms in total. The number of hydrogen-bond acceptors (Lipinski definition) is 6. The Morgan fingerprint density at radius 3 is 1.45 bits per heavy atom. The molecule has 1 aliphatic heterocycles. The van der Waals surface area contributed by atoms with E-state index in [1.807, 2.05) is 36.4 Å². The molecule has 0 spiro atoms. The van der Waals surface area contributed by atoms with Gasteiger partial charge < -0.3 is 23.7 Å². The van der Waals surface area contributed by atoms with Crippen LogP contribution >= 0.6 is 63.7 Å². The average Bonchev–Trinajstić information content (AvgIpc) is 2.75. The van der Waals surface area contributed by atoms with E-state index in [4.69, 9.17) is 23.7 Å². The molecular weight excluding hydrogens is 692 g/mol. The van der Waals surface area contributed by atoms with Crippen LogP contribution in [0.5, 0.6) is 11.5 Å². The summed E-state index contributed by atoms with van der Waals surface area (Å²) in [7, 11) is 3.11. The number of ketones is 1. The molecule has 1 heterocycles. The third-order valence-electron chi connectivity index (χ3n) is 4.46. The Kier molecular flexibility index (Phi) is 10.2. The van der Waals surface area contributed by atoms with Gasteiger partial charge in [0.2, 0.25) is 0 Å². The average molecular weight is 712 g/mol. The van der Waals surface area contributed by atoms with Crippen LogP contribution < -0.4 is 9.47 Å². The van der Waals surface area contributed by atoms with Gasteiger partial charge in [0.05, 0.1) is 31.1 Å². The first kappa shape index (κ1) is 26.6. The Balaban J connectivity index is 1.85. The Morgan fingerprint density at radius 1 is 0.758 bits per heavy atom. The van der Waals surface area contributed by atoms with Crippen molar-refractivity contribution in [2.45, 2.75) is 0 Å². The van der Waals surface area contributed by atoms with Crippen molar-refractivity contribution in [3.8, 4) is 11.5 Å². The first-order valence-corrected chi connectivity index (χ1v) is 12.8. The van der Waals surface area contributed by atoms with Gasteiger partial charge in [0.25, 0.3) is 0 Å². The maximum atomic E-state index is 13.1. The molecule has 3 rings (SSSR count). The van der Waals surface area contributed by atoms with Crippen LogP contribution in [0.4, 0.5) is 0 Å². The summed E-state index contributed by atoms with van der Waals surface area (Å²) in [4.78, 5) is 13.1. The fourth-order valence-corrected chi connectivity index (χ4v) is 5.96. The number of ether oxygens (including phenoxy) is 5. The summed E-state index contributed by atoms with van der Waals surface area (Å²) in [6, 6.07) is 7.50. The molecule has 0 saturated carbocycles. The van der Waals surface area contributed by atoms with Crippen molar-refractivity contribution in [3.05, 3.63) is 64.4 Å². The molecule has 176 valence electrons. The van der Waals surface area contributed by atoms with Crippen LogP contribution in [0.3, 0.4) is 0 Å². The van der Waals surface area contributed by atoms with Crippen molar-refractivity contribution in [2.75, 3.05) is 41.0 Å². The van der Waals surface area contributed by atoms with E-state index in [-0.39, 0.29) is 32.6 Å². The van der Waals surface area contributed by atoms with Gasteiger partial charge >= 0.3 is 0 Å². The van der Waals surface area contributed by atoms with Gasteiger partial charge in [0.15, 0.2) is 30.9 Å². The van der Waals surface area contributed by atoms with E-state index in [2.05, 4.69) is 63.7 Å². The van der Waals surface area contributed by atoms with Gasteiger partial charge in [-0.1, -0.05) is 0 Å². The quantitative estimate of drug-likeness (QED) is 0.223. The van der Waals surface area contributed by atoms with Gasteiger partial charge in [-0.05, 0) is 111 Å². The second kappa shape index (κ2) is 12.6. The molecule has 33 heavy (non-hydrogen) atoms. The number of hydrogen-bond donors (Lipinski definition) is 0. The Bertz CT molecular complexity index is 967. The van der Waals surface area contributed by atoms with E-state index in [0.29, 0.717) is 22.6 Å². The van der Waals surface area contributed by atoms with Gasteiger partial charge in [-0.15, -0.1) is 0 Å². The molecule has 10 heteroatoms. The summed E-state index contributed by atoms with van der Waals surface area (Å²) < 4.78 is 29.7. The molecule has 2 aromatic rings. The summed E-state index contributed by atoms with van der Waals surface area (Å²) in [5, 5.41) is 0. The van der Waals surface area contributed by atoms with Crippen molar-refractivity contribution in [1.82, 2.24) is 0 Å². The summed E-state index contributed by atoms with van der Waals surface area (Å²) in [5.74, 6) is 1.19. The summed E-state index contributed by atoms with van der Waals surface area (Å²) in [6.07, 6.45) is 3.64. The molecule has 0 atom stereocenters. The molecule has 0 radical (unpaired) electrons. The molecule has 0 aromatic heterocycles. The minimum absolute atomic E-state index is 0.0554. The Labute approximate surface area is 225 Å². The fourth-order valence-electron chi connectivity index (χ4n) is 3.06. The van der Waals surface area contributed by atoms with Gasteiger partial charge in [-0.3, -0.25) is 4.79 Å². The Morgan fingerprint density at radius 2 is 1.12 bits per heavy atom. The second-order valence-corrected chi connectivity index (χ2v) is 10.3. The number of carbonyl (C=O) groups is 1. The summed E-state index contributed by atoms with van der Waals surface area (Å²) in [5.41, 5.74) is 2.79. The largest absolute Gasteiger partial charge is 0.465 e. The highest BCUT2D eigenvalue weighted by Crippen LogP contribution is 2.37. The number of halogens is 4. The van der Waals surface area contributed by atoms with Gasteiger partial charge in [0.1, 0.15) is 0 Å². The zero-order chi connectivity index (χ0) is 24.0. The molecule has 0 unspecified atom stereocenters. The van der Waals surface area contributed by atoms with Crippen LogP contribution in [0.2, 0.25) is 0 Å². The fraction of sp³-hybridized carbons (Fsp3) is 0.261. The van der Waals surface area contributed by atoms with Crippen molar-refractivity contribution >= 4 is 81.7 Å². The van der Waals surface area contributed by atoms with E-state index in [9.17, 15) is 4.79 Å². The highest BCUT2D eigenvalue weighted by molar-refractivity contribution is 9.11. The summed E-state index contributed by atoms with van der Waals surface area (Å²) >= 11 is 14.0. The zero-order valence-electron chi connectivity index (χ0n) is 17.8. The van der Waals surface area contributed by atoms with Crippen molar-refractivity contribution in [3.63, 3.8) is 0 Å². The van der Waals surface area contributed by atoms with E-state index >= 15 is 0 Å². The lowest BCUT2D eigenvalue weighted by Crippen LogP contribution is -2.21. The van der Waals surface area contributed by atoms with Crippen molar-refractivity contribution in [1.29, 1.82) is 0 Å². The monoisotopic (exact) mass is 708 g/mol. The first-order valence-electron chi connectivity index (χ1n) is 9.59. The van der Waals surface area contributed by atoms with Gasteiger partial charge in [0, 0.05) is 25.4 Å². The predicted octanol–water partition coefficient (Wildman–Crippen LogP) is 6.77. The standard InChI is InChI=1S/C23H20Br4O6/c1-29-11-32-22-17(24)5-13(6-18(22)25)3-15-9-31-10-16(21(15)28)4-14-7-19(26)23(20(27)8-14)33-12-30-2/h3-8H,9-12H2,1-2H3/b15-3+,16-4+. The molecule has 0 aliphatic carbocycles. The highest BCUT2D eigenvalue weighted by atomic mass is 79.9. The normalized spacial score (nSPS) is 16.5. The number of Topliss-reactive ketones (excluding diaryl/α,β-unsaturated/α-hetero) is 1. The third-order valence-corrected chi connectivity index (χ3v) is 6.82. The smallest absolute Gasteiger partial charge is 0.189 e. The molecule has 1 saturated heterocycles. The zero-order valence-corrected chi connectivity index (χ0v) is 24.1. The van der Waals surface area contributed by atoms with E-state index < -0.39 is 0 Å². The van der Waals surface area contributed by atoms with E-state index in [0.717, 1.165) is 29.0 Å². The molecule has 0 bridgehead atoms. The van der Waals surface area contributed by atoms with Crippen molar-refractivity contribution in [2.24, 2.45) is 0 Å². The first-order chi connectivity index (χ1) is 15.8. The SMILES string of the molecule is COCOc1c(Br)cc(/C=C2\COC/C(=C\c3cc(Br)c(OCOC)c(Br)c3)C2=O)cc1Br. The number of carbonyl (C=O) groups excluding carboxylic acids is 1. The molecule has 2 aromatic carbocycles. The number of benzene rings is 2. The van der Waals surface area contributed by atoms with E-state index in [1.54, 1.807) is 14.2 Å². The topological polar surface area (TPSA) is 63.2 Å². The molecule has 0 amide bonds. The second-order valence-electron chi connectivity index (χ2n) is 6.89. The number of rotatable bonds is 8. The van der Waals surface area contributed by atoms with E-state index in [1.165, 1.54) is 0 Å². The van der Waals surface area contributed by atoms with Crippen LogP contribution in [-0.4, -0.2) is 46.8 Å². The third kappa shape index (κ3) is 7.00. The number of methoxy groups -OCH3 is 2. The van der Waals surface area contributed by atoms with Crippen LogP contribution in [0.15, 0.2) is 53.3 Å². The Hall–Kier alpha value is -1.01. The lowest BCUT2D eigenvalue weighted by atomic mass is 9.98. The summed E-state index contributed by atoms with van der Waals surface area (Å²) in [6.45, 7) is 0.739. The van der Waals surface area contributed by atoms with Crippen LogP contribution in [0.1, 0.15) is 11.1 Å². The maximum Gasteiger partial charge on any atom is 0.189 e. The van der Waals surface area contributed by atoms with Crippen LogP contribution in [0.25, 0.3) is 12.2 Å². The van der Waals surface area contributed by atoms with Crippen molar-refractivity contribution < 1.29 is 28.5 Å².